The van der Waals surface area contributed by atoms with Crippen molar-refractivity contribution in [2.75, 3.05) is 25.4 Å². The molecule has 1 saturated heterocycles. The molecule has 1 aromatic rings. The molecule has 150 valence electrons. The standard InChI is InChI=1S/C19H22N2O6S/c1-12(18(24)20-7-8-21-16(22)11-28-19(21)25)27-17(23)10-26-15-6-5-13-3-2-4-14(13)9-15/h5-6,9,12H,2-4,7-8,10-11H2,1H3,(H,20,24)/t12-/m1/s1. The van der Waals surface area contributed by atoms with Crippen LogP contribution in [0.15, 0.2) is 18.2 Å². The smallest absolute Gasteiger partial charge is 0.344 e. The normalized spacial score (nSPS) is 16.7. The molecule has 1 aromatic carbocycles. The van der Waals surface area contributed by atoms with Gasteiger partial charge in [-0.25, -0.2) is 4.79 Å². The quantitative estimate of drug-likeness (QED) is 0.649. The zero-order chi connectivity index (χ0) is 20.1. The van der Waals surface area contributed by atoms with Gasteiger partial charge < -0.3 is 14.8 Å². The van der Waals surface area contributed by atoms with E-state index in [1.54, 1.807) is 0 Å². The van der Waals surface area contributed by atoms with Gasteiger partial charge in [0.1, 0.15) is 5.75 Å². The van der Waals surface area contributed by atoms with E-state index in [0.29, 0.717) is 5.75 Å². The highest BCUT2D eigenvalue weighted by Crippen LogP contribution is 2.26. The van der Waals surface area contributed by atoms with Gasteiger partial charge in [-0.3, -0.25) is 19.3 Å². The third-order valence-corrected chi connectivity index (χ3v) is 5.44. The third-order valence-electron chi connectivity index (χ3n) is 4.58. The van der Waals surface area contributed by atoms with Crippen LogP contribution in [0.2, 0.25) is 0 Å². The lowest BCUT2D eigenvalue weighted by Crippen LogP contribution is -2.42. The molecule has 0 saturated carbocycles. The Bertz CT molecular complexity index is 781. The van der Waals surface area contributed by atoms with Gasteiger partial charge in [-0.2, -0.15) is 0 Å². The molecular weight excluding hydrogens is 384 g/mol. The fraction of sp³-hybridized carbons (Fsp3) is 0.474. The minimum Gasteiger partial charge on any atom is -0.482 e. The van der Waals surface area contributed by atoms with Gasteiger partial charge in [0, 0.05) is 13.1 Å². The molecular formula is C19H22N2O6S. The predicted molar refractivity (Wildman–Crippen MR) is 102 cm³/mol. The van der Waals surface area contributed by atoms with Gasteiger partial charge in [0.2, 0.25) is 5.91 Å². The second kappa shape index (κ2) is 9.09. The van der Waals surface area contributed by atoms with Crippen molar-refractivity contribution in [1.29, 1.82) is 0 Å². The largest absolute Gasteiger partial charge is 0.482 e. The first-order valence-electron chi connectivity index (χ1n) is 9.13. The number of aryl methyl sites for hydroxylation is 2. The minimum absolute atomic E-state index is 0.0957. The van der Waals surface area contributed by atoms with Crippen LogP contribution < -0.4 is 10.1 Å². The van der Waals surface area contributed by atoms with Crippen LogP contribution in [0.4, 0.5) is 4.79 Å². The number of benzene rings is 1. The summed E-state index contributed by atoms with van der Waals surface area (Å²) in [7, 11) is 0. The summed E-state index contributed by atoms with van der Waals surface area (Å²) in [5.41, 5.74) is 2.56. The molecule has 0 spiro atoms. The fourth-order valence-electron chi connectivity index (χ4n) is 3.10. The van der Waals surface area contributed by atoms with Crippen LogP contribution in [0.25, 0.3) is 0 Å². The fourth-order valence-corrected chi connectivity index (χ4v) is 3.85. The molecule has 3 amide bonds. The highest BCUT2D eigenvalue weighted by molar-refractivity contribution is 8.14. The van der Waals surface area contributed by atoms with Crippen LogP contribution in [-0.2, 0) is 32.0 Å². The molecule has 0 unspecified atom stereocenters. The van der Waals surface area contributed by atoms with Gasteiger partial charge in [0.05, 0.1) is 5.75 Å². The Morgan fingerprint density at radius 1 is 1.25 bits per heavy atom. The SMILES string of the molecule is C[C@@H](OC(=O)COc1ccc2c(c1)CCC2)C(=O)NCCN1C(=O)CSC1=O. The van der Waals surface area contributed by atoms with Crippen LogP contribution in [0, 0.1) is 0 Å². The number of thioether (sulfide) groups is 1. The van der Waals surface area contributed by atoms with Crippen molar-refractivity contribution in [3.63, 3.8) is 0 Å². The lowest BCUT2D eigenvalue weighted by molar-refractivity contribution is -0.156. The van der Waals surface area contributed by atoms with Gasteiger partial charge in [-0.1, -0.05) is 17.8 Å². The summed E-state index contributed by atoms with van der Waals surface area (Å²) in [6, 6.07) is 5.77. The molecule has 0 radical (unpaired) electrons. The number of nitrogens with zero attached hydrogens (tertiary/aromatic N) is 1. The molecule has 0 bridgehead atoms. The number of fused-ring (bicyclic) bond motifs is 1. The number of rotatable bonds is 8. The van der Waals surface area contributed by atoms with Crippen molar-refractivity contribution < 1.29 is 28.7 Å². The van der Waals surface area contributed by atoms with Gasteiger partial charge in [-0.15, -0.1) is 0 Å². The second-order valence-electron chi connectivity index (χ2n) is 6.60. The number of amides is 3. The summed E-state index contributed by atoms with van der Waals surface area (Å²) < 4.78 is 10.5. The molecule has 3 rings (SSSR count). The molecule has 9 heteroatoms. The molecule has 8 nitrogen and oxygen atoms in total. The van der Waals surface area contributed by atoms with Crippen molar-refractivity contribution >= 4 is 34.8 Å². The summed E-state index contributed by atoms with van der Waals surface area (Å²) >= 11 is 0.939. The average molecular weight is 406 g/mol. The summed E-state index contributed by atoms with van der Waals surface area (Å²) in [5.74, 6) is -0.688. The van der Waals surface area contributed by atoms with E-state index in [9.17, 15) is 19.2 Å². The molecule has 1 fully saturated rings. The average Bonchev–Trinajstić information content (AvgIpc) is 3.26. The van der Waals surface area contributed by atoms with E-state index in [0.717, 1.165) is 35.9 Å². The topological polar surface area (TPSA) is 102 Å². The van der Waals surface area contributed by atoms with Crippen LogP contribution in [-0.4, -0.2) is 59.5 Å². The highest BCUT2D eigenvalue weighted by Gasteiger charge is 2.29. The first-order chi connectivity index (χ1) is 13.4. The van der Waals surface area contributed by atoms with E-state index in [4.69, 9.17) is 9.47 Å². The third kappa shape index (κ3) is 5.03. The monoisotopic (exact) mass is 406 g/mol. The number of ether oxygens (including phenoxy) is 2. The van der Waals surface area contributed by atoms with Crippen molar-refractivity contribution in [3.05, 3.63) is 29.3 Å². The van der Waals surface area contributed by atoms with Crippen LogP contribution in [0.3, 0.4) is 0 Å². The van der Waals surface area contributed by atoms with Gasteiger partial charge in [-0.05, 0) is 49.4 Å². The van der Waals surface area contributed by atoms with Crippen LogP contribution in [0.1, 0.15) is 24.5 Å². The molecule has 1 aliphatic heterocycles. The van der Waals surface area contributed by atoms with E-state index >= 15 is 0 Å². The number of hydrogen-bond acceptors (Lipinski definition) is 7. The zero-order valence-electron chi connectivity index (χ0n) is 15.6. The second-order valence-corrected chi connectivity index (χ2v) is 7.52. The number of nitrogens with one attached hydrogen (secondary N) is 1. The molecule has 1 aliphatic carbocycles. The summed E-state index contributed by atoms with van der Waals surface area (Å²) in [6.07, 6.45) is 2.22. The molecule has 1 atom stereocenters. The summed E-state index contributed by atoms with van der Waals surface area (Å²) in [4.78, 5) is 47.9. The Labute approximate surface area is 166 Å². The number of carbonyl (C=O) groups excluding carboxylic acids is 4. The number of esters is 1. The van der Waals surface area contributed by atoms with E-state index in [1.807, 2.05) is 18.2 Å². The van der Waals surface area contributed by atoms with E-state index in [2.05, 4.69) is 5.32 Å². The summed E-state index contributed by atoms with van der Waals surface area (Å²) in [6.45, 7) is 1.36. The predicted octanol–water partition coefficient (Wildman–Crippen LogP) is 1.30. The maximum absolute atomic E-state index is 12.0. The Hall–Kier alpha value is -2.55. The molecule has 1 heterocycles. The minimum atomic E-state index is -1.00. The van der Waals surface area contributed by atoms with E-state index in [1.165, 1.54) is 18.1 Å². The lowest BCUT2D eigenvalue weighted by Gasteiger charge is -2.16. The molecule has 1 N–H and O–H groups in total. The van der Waals surface area contributed by atoms with Gasteiger partial charge >= 0.3 is 5.97 Å². The van der Waals surface area contributed by atoms with Gasteiger partial charge in [0.15, 0.2) is 12.7 Å². The van der Waals surface area contributed by atoms with Crippen molar-refractivity contribution in [1.82, 2.24) is 10.2 Å². The molecule has 2 aliphatic rings. The number of hydrogen-bond donors (Lipinski definition) is 1. The number of carbonyl (C=O) groups is 4. The van der Waals surface area contributed by atoms with Crippen molar-refractivity contribution in [2.45, 2.75) is 32.3 Å². The van der Waals surface area contributed by atoms with Crippen molar-refractivity contribution in [2.24, 2.45) is 0 Å². The van der Waals surface area contributed by atoms with E-state index < -0.39 is 18.0 Å². The first kappa shape index (κ1) is 20.2. The number of imide groups is 1. The van der Waals surface area contributed by atoms with Crippen LogP contribution >= 0.6 is 11.8 Å². The Morgan fingerprint density at radius 2 is 2.04 bits per heavy atom. The Morgan fingerprint density at radius 3 is 2.79 bits per heavy atom. The summed E-state index contributed by atoms with van der Waals surface area (Å²) in [5, 5.41) is 2.23. The van der Waals surface area contributed by atoms with Crippen LogP contribution in [0.5, 0.6) is 5.75 Å². The van der Waals surface area contributed by atoms with Crippen molar-refractivity contribution in [3.8, 4) is 5.75 Å². The first-order valence-corrected chi connectivity index (χ1v) is 10.1. The maximum Gasteiger partial charge on any atom is 0.344 e. The lowest BCUT2D eigenvalue weighted by atomic mass is 10.1. The maximum atomic E-state index is 12.0. The zero-order valence-corrected chi connectivity index (χ0v) is 16.4. The molecule has 0 aromatic heterocycles. The van der Waals surface area contributed by atoms with E-state index in [-0.39, 0.29) is 36.6 Å². The highest BCUT2D eigenvalue weighted by atomic mass is 32.2. The molecule has 28 heavy (non-hydrogen) atoms. The van der Waals surface area contributed by atoms with Gasteiger partial charge in [0.25, 0.3) is 11.1 Å². The Kier molecular flexibility index (Phi) is 6.56. The Balaban J connectivity index is 1.36.